The Morgan fingerprint density at radius 3 is 2.63 bits per heavy atom. The van der Waals surface area contributed by atoms with Gasteiger partial charge in [0.25, 0.3) is 0 Å². The van der Waals surface area contributed by atoms with Crippen LogP contribution in [0.1, 0.15) is 24.0 Å². The van der Waals surface area contributed by atoms with Crippen LogP contribution in [-0.2, 0) is 12.6 Å². The highest BCUT2D eigenvalue weighted by atomic mass is 19.4. The van der Waals surface area contributed by atoms with Crippen LogP contribution in [0.15, 0.2) is 18.2 Å². The number of benzene rings is 1. The smallest absolute Gasteiger partial charge is 0.419 e. The third-order valence-electron chi connectivity index (χ3n) is 2.47. The Morgan fingerprint density at radius 1 is 1.32 bits per heavy atom. The maximum absolute atomic E-state index is 12.9. The minimum Gasteiger partial charge on any atom is -0.493 e. The van der Waals surface area contributed by atoms with E-state index in [-0.39, 0.29) is 18.8 Å². The number of nitrogens with two attached hydrogens (primary N) is 1. The molecule has 0 bridgehead atoms. The fourth-order valence-corrected chi connectivity index (χ4v) is 1.58. The fraction of sp³-hybridized carbons (Fsp3) is 0.462. The quantitative estimate of drug-likeness (QED) is 0.810. The van der Waals surface area contributed by atoms with Crippen LogP contribution in [0.2, 0.25) is 0 Å². The summed E-state index contributed by atoms with van der Waals surface area (Å²) < 4.78 is 43.7. The van der Waals surface area contributed by atoms with Crippen molar-refractivity contribution in [2.45, 2.75) is 25.4 Å². The van der Waals surface area contributed by atoms with E-state index in [4.69, 9.17) is 15.7 Å². The highest BCUT2D eigenvalue weighted by Crippen LogP contribution is 2.37. The van der Waals surface area contributed by atoms with Crippen LogP contribution in [0.25, 0.3) is 0 Å². The molecule has 0 aliphatic heterocycles. The number of nitrogens with zero attached hydrogens (tertiary/aromatic N) is 1. The molecular weight excluding hydrogens is 257 g/mol. The molecule has 0 amide bonds. The van der Waals surface area contributed by atoms with Crippen molar-refractivity contribution in [1.82, 2.24) is 0 Å². The Kier molecular flexibility index (Phi) is 5.64. The van der Waals surface area contributed by atoms with Gasteiger partial charge in [-0.2, -0.15) is 18.4 Å². The van der Waals surface area contributed by atoms with E-state index in [1.165, 1.54) is 6.07 Å². The van der Waals surface area contributed by atoms with Crippen LogP contribution in [0.4, 0.5) is 13.2 Å². The van der Waals surface area contributed by atoms with Crippen molar-refractivity contribution in [3.05, 3.63) is 29.3 Å². The first kappa shape index (κ1) is 15.3. The normalized spacial score (nSPS) is 11.1. The van der Waals surface area contributed by atoms with Gasteiger partial charge in [-0.3, -0.25) is 0 Å². The fourth-order valence-electron chi connectivity index (χ4n) is 1.58. The van der Waals surface area contributed by atoms with Crippen molar-refractivity contribution in [3.63, 3.8) is 0 Å². The second-order valence-electron chi connectivity index (χ2n) is 3.98. The molecule has 0 aliphatic carbocycles. The number of alkyl halides is 3. The number of unbranched alkanes of at least 4 members (excludes halogenated alkanes) is 1. The third-order valence-corrected chi connectivity index (χ3v) is 2.47. The summed E-state index contributed by atoms with van der Waals surface area (Å²) in [6, 6.07) is 5.85. The highest BCUT2D eigenvalue weighted by Gasteiger charge is 2.34. The molecule has 0 atom stereocenters. The van der Waals surface area contributed by atoms with Crippen LogP contribution in [0, 0.1) is 11.3 Å². The van der Waals surface area contributed by atoms with E-state index in [0.717, 1.165) is 6.07 Å². The molecule has 0 unspecified atom stereocenters. The monoisotopic (exact) mass is 272 g/mol. The lowest BCUT2D eigenvalue weighted by Gasteiger charge is -2.15. The van der Waals surface area contributed by atoms with Gasteiger partial charge in [-0.1, -0.05) is 6.07 Å². The van der Waals surface area contributed by atoms with Gasteiger partial charge in [0.1, 0.15) is 5.75 Å². The minimum atomic E-state index is -4.46. The van der Waals surface area contributed by atoms with E-state index < -0.39 is 11.7 Å². The molecule has 0 saturated carbocycles. The van der Waals surface area contributed by atoms with Gasteiger partial charge in [0.15, 0.2) is 0 Å². The van der Waals surface area contributed by atoms with Crippen molar-refractivity contribution in [2.24, 2.45) is 5.73 Å². The third kappa shape index (κ3) is 4.79. The second-order valence-corrected chi connectivity index (χ2v) is 3.98. The standard InChI is InChI=1S/C13H15F3N2O/c14-13(15,16)11-9-10(5-7-18)3-4-12(11)19-8-2-1-6-17/h3-4,9H,1-2,5,7-8,18H2. The maximum Gasteiger partial charge on any atom is 0.419 e. The van der Waals surface area contributed by atoms with E-state index in [0.29, 0.717) is 24.9 Å². The van der Waals surface area contributed by atoms with E-state index in [9.17, 15) is 13.2 Å². The first-order valence-corrected chi connectivity index (χ1v) is 5.89. The lowest BCUT2D eigenvalue weighted by atomic mass is 10.1. The van der Waals surface area contributed by atoms with Crippen LogP contribution in [0.3, 0.4) is 0 Å². The number of hydrogen-bond donors (Lipinski definition) is 1. The molecule has 1 aromatic carbocycles. The van der Waals surface area contributed by atoms with E-state index in [1.54, 1.807) is 6.07 Å². The van der Waals surface area contributed by atoms with Gasteiger partial charge < -0.3 is 10.5 Å². The van der Waals surface area contributed by atoms with Crippen molar-refractivity contribution in [2.75, 3.05) is 13.2 Å². The van der Waals surface area contributed by atoms with Crippen LogP contribution in [0.5, 0.6) is 5.75 Å². The van der Waals surface area contributed by atoms with E-state index in [1.807, 2.05) is 6.07 Å². The van der Waals surface area contributed by atoms with Gasteiger partial charge in [-0.25, -0.2) is 0 Å². The Balaban J connectivity index is 2.87. The number of hydrogen-bond acceptors (Lipinski definition) is 3. The summed E-state index contributed by atoms with van der Waals surface area (Å²) in [5, 5.41) is 8.35. The molecule has 1 rings (SSSR count). The first-order valence-electron chi connectivity index (χ1n) is 5.89. The molecule has 104 valence electrons. The Morgan fingerprint density at radius 2 is 2.05 bits per heavy atom. The van der Waals surface area contributed by atoms with Crippen LogP contribution in [-0.4, -0.2) is 13.2 Å². The average molecular weight is 272 g/mol. The predicted octanol–water partition coefficient (Wildman–Crippen LogP) is 2.89. The van der Waals surface area contributed by atoms with E-state index in [2.05, 4.69) is 0 Å². The Labute approximate surface area is 109 Å². The van der Waals surface area contributed by atoms with Gasteiger partial charge in [0, 0.05) is 6.42 Å². The van der Waals surface area contributed by atoms with Gasteiger partial charge >= 0.3 is 6.18 Å². The zero-order valence-corrected chi connectivity index (χ0v) is 10.3. The molecule has 19 heavy (non-hydrogen) atoms. The SMILES string of the molecule is N#CCCCOc1ccc(CCN)cc1C(F)(F)F. The summed E-state index contributed by atoms with van der Waals surface area (Å²) in [6.07, 6.45) is -3.42. The molecular formula is C13H15F3N2O. The predicted molar refractivity (Wildman–Crippen MR) is 64.5 cm³/mol. The zero-order chi connectivity index (χ0) is 14.3. The lowest BCUT2D eigenvalue weighted by molar-refractivity contribution is -0.139. The van der Waals surface area contributed by atoms with Gasteiger partial charge in [-0.15, -0.1) is 0 Å². The molecule has 0 spiro atoms. The lowest BCUT2D eigenvalue weighted by Crippen LogP contribution is -2.11. The number of halogens is 3. The highest BCUT2D eigenvalue weighted by molar-refractivity contribution is 5.39. The molecule has 1 aromatic rings. The summed E-state index contributed by atoms with van der Waals surface area (Å²) in [6.45, 7) is 0.381. The Hall–Kier alpha value is -1.74. The van der Waals surface area contributed by atoms with Crippen LogP contribution < -0.4 is 10.5 Å². The first-order chi connectivity index (χ1) is 8.99. The average Bonchev–Trinajstić information content (AvgIpc) is 2.35. The maximum atomic E-state index is 12.9. The largest absolute Gasteiger partial charge is 0.493 e. The van der Waals surface area contributed by atoms with Crippen molar-refractivity contribution in [1.29, 1.82) is 5.26 Å². The van der Waals surface area contributed by atoms with Crippen LogP contribution >= 0.6 is 0 Å². The molecule has 0 saturated heterocycles. The van der Waals surface area contributed by atoms with E-state index >= 15 is 0 Å². The molecule has 0 radical (unpaired) electrons. The van der Waals surface area contributed by atoms with Gasteiger partial charge in [0.2, 0.25) is 0 Å². The number of ether oxygens (including phenoxy) is 1. The summed E-state index contributed by atoms with van der Waals surface area (Å²) in [5.41, 5.74) is 5.06. The van der Waals surface area contributed by atoms with Crippen molar-refractivity contribution in [3.8, 4) is 11.8 Å². The summed E-state index contributed by atoms with van der Waals surface area (Å²) >= 11 is 0. The number of rotatable bonds is 6. The number of nitriles is 1. The Bertz CT molecular complexity index is 452. The summed E-state index contributed by atoms with van der Waals surface area (Å²) in [7, 11) is 0. The molecule has 0 heterocycles. The van der Waals surface area contributed by atoms with Crippen molar-refractivity contribution >= 4 is 0 Å². The van der Waals surface area contributed by atoms with Gasteiger partial charge in [0.05, 0.1) is 18.2 Å². The van der Waals surface area contributed by atoms with Gasteiger partial charge in [-0.05, 0) is 37.1 Å². The molecule has 6 heteroatoms. The molecule has 3 nitrogen and oxygen atoms in total. The summed E-state index contributed by atoms with van der Waals surface area (Å²) in [5.74, 6) is -0.203. The second kappa shape index (κ2) is 7.00. The zero-order valence-electron chi connectivity index (χ0n) is 10.3. The summed E-state index contributed by atoms with van der Waals surface area (Å²) in [4.78, 5) is 0. The molecule has 2 N–H and O–H groups in total. The minimum absolute atomic E-state index is 0.0902. The topological polar surface area (TPSA) is 59.0 Å². The van der Waals surface area contributed by atoms with Crippen molar-refractivity contribution < 1.29 is 17.9 Å². The molecule has 0 aromatic heterocycles. The molecule has 0 fully saturated rings. The molecule has 0 aliphatic rings.